The van der Waals surface area contributed by atoms with Crippen molar-refractivity contribution in [3.8, 4) is 16.9 Å². The molecular weight excluding hydrogens is 393 g/mol. The van der Waals surface area contributed by atoms with Crippen LogP contribution in [0.25, 0.3) is 33.4 Å². The molecule has 5 nitrogen and oxygen atoms in total. The zero-order valence-electron chi connectivity index (χ0n) is 17.4. The molecule has 0 aliphatic rings. The molecule has 0 aliphatic carbocycles. The fraction of sp³-hybridized carbons (Fsp3) is 0.120. The zero-order chi connectivity index (χ0) is 21.8. The monoisotopic (exact) mass is 415 g/mol. The van der Waals surface area contributed by atoms with Gasteiger partial charge in [0, 0.05) is 18.2 Å². The molecule has 0 N–H and O–H groups in total. The largest absolute Gasteiger partial charge is 0.381 e. The van der Waals surface area contributed by atoms with Gasteiger partial charge in [0.15, 0.2) is 5.76 Å². The van der Waals surface area contributed by atoms with Gasteiger partial charge in [0.1, 0.15) is 11.3 Å². The van der Waals surface area contributed by atoms with Crippen LogP contribution in [0.3, 0.4) is 0 Å². The van der Waals surface area contributed by atoms with E-state index in [0.29, 0.717) is 23.5 Å². The maximum Gasteiger partial charge on any atom is 0.174 e. The average Bonchev–Trinajstić information content (AvgIpc) is 3.40. The minimum Gasteiger partial charge on any atom is -0.381 e. The van der Waals surface area contributed by atoms with E-state index in [1.165, 1.54) is 11.6 Å². The fourth-order valence-electron chi connectivity index (χ4n) is 3.35. The van der Waals surface area contributed by atoms with Crippen molar-refractivity contribution in [2.75, 3.05) is 13.7 Å². The zero-order valence-corrected chi connectivity index (χ0v) is 17.4. The highest BCUT2D eigenvalue weighted by atomic mass is 19.1. The predicted molar refractivity (Wildman–Crippen MR) is 121 cm³/mol. The second-order valence-electron chi connectivity index (χ2n) is 7.11. The smallest absolute Gasteiger partial charge is 0.174 e. The summed E-state index contributed by atoms with van der Waals surface area (Å²) in [7, 11) is 1.59. The van der Waals surface area contributed by atoms with Gasteiger partial charge in [-0.15, -0.1) is 0 Å². The molecule has 0 saturated carbocycles. The van der Waals surface area contributed by atoms with Crippen molar-refractivity contribution < 1.29 is 13.7 Å². The number of allylic oxidation sites excluding steroid dienone is 4. The Bertz CT molecular complexity index is 1280. The Morgan fingerprint density at radius 3 is 2.74 bits per heavy atom. The standard InChI is InChI=1S/C25H22FN3O2/c1-17-6-9-21(10-7-17)29-24(12-13-27-29)19-8-11-23-22(16-19)25(31-28-23)20(15-18(2)26)5-4-14-30-3/h4-13,15-16H,2,14H2,1,3H3/b5-4-,20-15+. The number of nitrogens with zero attached hydrogens (tertiary/aromatic N) is 3. The Kier molecular flexibility index (Phi) is 5.91. The van der Waals surface area contributed by atoms with E-state index < -0.39 is 5.83 Å². The Balaban J connectivity index is 1.80. The van der Waals surface area contributed by atoms with Crippen molar-refractivity contribution in [2.24, 2.45) is 0 Å². The van der Waals surface area contributed by atoms with E-state index in [0.717, 1.165) is 22.3 Å². The number of hydrogen-bond acceptors (Lipinski definition) is 4. The lowest BCUT2D eigenvalue weighted by Crippen LogP contribution is -1.98. The summed E-state index contributed by atoms with van der Waals surface area (Å²) in [5.41, 5.74) is 5.21. The number of hydrogen-bond donors (Lipinski definition) is 0. The maximum atomic E-state index is 13.6. The molecule has 0 amide bonds. The molecule has 0 bridgehead atoms. The SMILES string of the molecule is C=C(F)/C=C(\C=C/COC)c1onc2ccc(-c3ccnn3-c3ccc(C)cc3)cc12. The molecule has 0 spiro atoms. The number of fused-ring (bicyclic) bond motifs is 1. The molecule has 2 aromatic carbocycles. The topological polar surface area (TPSA) is 53.1 Å². The highest BCUT2D eigenvalue weighted by Crippen LogP contribution is 2.32. The molecule has 156 valence electrons. The molecule has 0 radical (unpaired) electrons. The van der Waals surface area contributed by atoms with Crippen LogP contribution in [0.2, 0.25) is 0 Å². The molecule has 2 heterocycles. The van der Waals surface area contributed by atoms with E-state index >= 15 is 0 Å². The van der Waals surface area contributed by atoms with Gasteiger partial charge in [-0.2, -0.15) is 5.10 Å². The number of rotatable bonds is 7. The average molecular weight is 415 g/mol. The van der Waals surface area contributed by atoms with Gasteiger partial charge in [-0.05, 0) is 43.3 Å². The molecule has 0 atom stereocenters. The first kappa shape index (κ1) is 20.5. The molecule has 0 aliphatic heterocycles. The summed E-state index contributed by atoms with van der Waals surface area (Å²) in [5.74, 6) is -0.111. The second kappa shape index (κ2) is 8.93. The van der Waals surface area contributed by atoms with E-state index in [4.69, 9.17) is 9.26 Å². The molecule has 0 unspecified atom stereocenters. The third-order valence-corrected chi connectivity index (χ3v) is 4.83. The lowest BCUT2D eigenvalue weighted by atomic mass is 10.0. The lowest BCUT2D eigenvalue weighted by molar-refractivity contribution is 0.234. The van der Waals surface area contributed by atoms with Crippen LogP contribution in [-0.2, 0) is 4.74 Å². The first-order chi connectivity index (χ1) is 15.1. The van der Waals surface area contributed by atoms with E-state index in [1.54, 1.807) is 25.5 Å². The first-order valence-corrected chi connectivity index (χ1v) is 9.79. The molecular formula is C25H22FN3O2. The van der Waals surface area contributed by atoms with Crippen molar-refractivity contribution in [3.05, 3.63) is 96.7 Å². The highest BCUT2D eigenvalue weighted by molar-refractivity contribution is 5.94. The Labute approximate surface area is 179 Å². The maximum absolute atomic E-state index is 13.6. The number of methoxy groups -OCH3 is 1. The normalized spacial score (nSPS) is 12.2. The van der Waals surface area contributed by atoms with Crippen molar-refractivity contribution in [1.29, 1.82) is 0 Å². The van der Waals surface area contributed by atoms with Gasteiger partial charge in [-0.1, -0.05) is 47.7 Å². The molecule has 4 rings (SSSR count). The van der Waals surface area contributed by atoms with Crippen LogP contribution in [0.4, 0.5) is 4.39 Å². The summed E-state index contributed by atoms with van der Waals surface area (Å²) >= 11 is 0. The van der Waals surface area contributed by atoms with Crippen molar-refractivity contribution in [1.82, 2.24) is 14.9 Å². The van der Waals surface area contributed by atoms with Crippen LogP contribution in [0.5, 0.6) is 0 Å². The minimum atomic E-state index is -0.574. The summed E-state index contributed by atoms with van der Waals surface area (Å²) < 4.78 is 26.1. The summed E-state index contributed by atoms with van der Waals surface area (Å²) in [4.78, 5) is 0. The predicted octanol–water partition coefficient (Wildman–Crippen LogP) is 6.06. The van der Waals surface area contributed by atoms with E-state index in [2.05, 4.69) is 29.0 Å². The van der Waals surface area contributed by atoms with Crippen LogP contribution in [-0.4, -0.2) is 28.7 Å². The molecule has 4 aromatic rings. The van der Waals surface area contributed by atoms with Gasteiger partial charge in [0.05, 0.1) is 29.6 Å². The molecule has 2 aromatic heterocycles. The van der Waals surface area contributed by atoms with Crippen LogP contribution in [0.1, 0.15) is 11.3 Å². The number of aromatic nitrogens is 3. The molecule has 0 fully saturated rings. The second-order valence-corrected chi connectivity index (χ2v) is 7.11. The van der Waals surface area contributed by atoms with Gasteiger partial charge in [0.2, 0.25) is 0 Å². The van der Waals surface area contributed by atoms with Gasteiger partial charge < -0.3 is 9.26 Å². The van der Waals surface area contributed by atoms with Gasteiger partial charge in [-0.3, -0.25) is 0 Å². The quantitative estimate of drug-likeness (QED) is 0.344. The number of halogens is 1. The molecule has 0 saturated heterocycles. The van der Waals surface area contributed by atoms with Crippen LogP contribution < -0.4 is 0 Å². The van der Waals surface area contributed by atoms with Crippen molar-refractivity contribution in [3.63, 3.8) is 0 Å². The van der Waals surface area contributed by atoms with Crippen LogP contribution >= 0.6 is 0 Å². The van der Waals surface area contributed by atoms with Gasteiger partial charge >= 0.3 is 0 Å². The third kappa shape index (κ3) is 4.39. The minimum absolute atomic E-state index is 0.392. The summed E-state index contributed by atoms with van der Waals surface area (Å²) in [5, 5.41) is 9.39. The summed E-state index contributed by atoms with van der Waals surface area (Å²) in [6.07, 6.45) is 6.59. The van der Waals surface area contributed by atoms with E-state index in [1.807, 2.05) is 48.0 Å². The van der Waals surface area contributed by atoms with Crippen LogP contribution in [0, 0.1) is 6.92 Å². The van der Waals surface area contributed by atoms with Crippen molar-refractivity contribution >= 4 is 16.5 Å². The Morgan fingerprint density at radius 2 is 2.00 bits per heavy atom. The Hall–Kier alpha value is -3.77. The van der Waals surface area contributed by atoms with E-state index in [9.17, 15) is 4.39 Å². The van der Waals surface area contributed by atoms with Crippen LogP contribution in [0.15, 0.2) is 89.9 Å². The lowest BCUT2D eigenvalue weighted by Gasteiger charge is -2.08. The van der Waals surface area contributed by atoms with Gasteiger partial charge in [-0.25, -0.2) is 9.07 Å². The fourth-order valence-corrected chi connectivity index (χ4v) is 3.35. The summed E-state index contributed by atoms with van der Waals surface area (Å²) in [6, 6.07) is 15.9. The number of aryl methyl sites for hydroxylation is 1. The highest BCUT2D eigenvalue weighted by Gasteiger charge is 2.15. The summed E-state index contributed by atoms with van der Waals surface area (Å²) in [6.45, 7) is 5.78. The molecule has 6 heteroatoms. The van der Waals surface area contributed by atoms with Crippen molar-refractivity contribution in [2.45, 2.75) is 6.92 Å². The Morgan fingerprint density at radius 1 is 1.19 bits per heavy atom. The molecule has 31 heavy (non-hydrogen) atoms. The number of ether oxygens (including phenoxy) is 1. The van der Waals surface area contributed by atoms with E-state index in [-0.39, 0.29) is 0 Å². The number of benzene rings is 2. The van der Waals surface area contributed by atoms with Gasteiger partial charge in [0.25, 0.3) is 0 Å². The first-order valence-electron chi connectivity index (χ1n) is 9.79. The third-order valence-electron chi connectivity index (χ3n) is 4.83.